The molecule has 2 aromatic carbocycles. The van der Waals surface area contributed by atoms with Crippen LogP contribution in [0.5, 0.6) is 0 Å². The number of hydrogen-bond acceptors (Lipinski definition) is 3. The van der Waals surface area contributed by atoms with E-state index in [1.165, 1.54) is 0 Å². The van der Waals surface area contributed by atoms with E-state index in [9.17, 15) is 4.79 Å². The summed E-state index contributed by atoms with van der Waals surface area (Å²) < 4.78 is 5.44. The van der Waals surface area contributed by atoms with Crippen molar-refractivity contribution in [2.45, 2.75) is 52.2 Å². The van der Waals surface area contributed by atoms with E-state index >= 15 is 0 Å². The summed E-state index contributed by atoms with van der Waals surface area (Å²) in [7, 11) is 0. The smallest absolute Gasteiger partial charge is 0.331 e. The number of unbranched alkanes of at least 4 members (excludes halogenated alkanes) is 1. The SMILES string of the molecule is CCCC[C@H](N=C(c1ccccc1)c1ccccc1)C(=O)OC(C)C. The largest absolute Gasteiger partial charge is 0.461 e. The molecular formula is C22H27NO2. The van der Waals surface area contributed by atoms with Gasteiger partial charge in [0.15, 0.2) is 0 Å². The Morgan fingerprint density at radius 3 is 1.92 bits per heavy atom. The predicted octanol–water partition coefficient (Wildman–Crippen LogP) is 5.03. The Morgan fingerprint density at radius 2 is 1.48 bits per heavy atom. The zero-order chi connectivity index (χ0) is 18.1. The molecule has 0 heterocycles. The molecule has 0 saturated heterocycles. The number of hydrogen-bond donors (Lipinski definition) is 0. The summed E-state index contributed by atoms with van der Waals surface area (Å²) in [4.78, 5) is 17.4. The lowest BCUT2D eigenvalue weighted by Crippen LogP contribution is -2.26. The van der Waals surface area contributed by atoms with Gasteiger partial charge in [-0.1, -0.05) is 80.4 Å². The minimum atomic E-state index is -0.474. The highest BCUT2D eigenvalue weighted by molar-refractivity contribution is 6.13. The summed E-state index contributed by atoms with van der Waals surface area (Å²) in [5.74, 6) is -0.243. The molecule has 0 aliphatic heterocycles. The minimum absolute atomic E-state index is 0.135. The van der Waals surface area contributed by atoms with Crippen LogP contribution in [0.15, 0.2) is 65.7 Å². The molecule has 0 aliphatic rings. The van der Waals surface area contributed by atoms with Gasteiger partial charge in [0.2, 0.25) is 0 Å². The highest BCUT2D eigenvalue weighted by Gasteiger charge is 2.21. The Labute approximate surface area is 150 Å². The number of carbonyl (C=O) groups excluding carboxylic acids is 1. The molecule has 1 atom stereocenters. The second-order valence-electron chi connectivity index (χ2n) is 6.35. The van der Waals surface area contributed by atoms with E-state index in [-0.39, 0.29) is 12.1 Å². The van der Waals surface area contributed by atoms with Crippen molar-refractivity contribution >= 4 is 11.7 Å². The number of rotatable bonds is 8. The first-order valence-corrected chi connectivity index (χ1v) is 9.01. The molecular weight excluding hydrogens is 310 g/mol. The van der Waals surface area contributed by atoms with Gasteiger partial charge in [-0.25, -0.2) is 4.79 Å². The summed E-state index contributed by atoms with van der Waals surface area (Å²) in [6, 6.07) is 19.5. The molecule has 3 nitrogen and oxygen atoms in total. The van der Waals surface area contributed by atoms with Crippen LogP contribution in [0.1, 0.15) is 51.2 Å². The van der Waals surface area contributed by atoms with Gasteiger partial charge in [-0.2, -0.15) is 0 Å². The highest BCUT2D eigenvalue weighted by atomic mass is 16.5. The lowest BCUT2D eigenvalue weighted by molar-refractivity contribution is -0.149. The van der Waals surface area contributed by atoms with Crippen molar-refractivity contribution in [3.05, 3.63) is 71.8 Å². The zero-order valence-electron chi connectivity index (χ0n) is 15.3. The van der Waals surface area contributed by atoms with E-state index in [4.69, 9.17) is 9.73 Å². The monoisotopic (exact) mass is 337 g/mol. The first kappa shape index (κ1) is 18.9. The summed E-state index contributed by atoms with van der Waals surface area (Å²) in [6.45, 7) is 5.85. The molecule has 0 N–H and O–H groups in total. The van der Waals surface area contributed by atoms with Crippen LogP contribution in [0.4, 0.5) is 0 Å². The van der Waals surface area contributed by atoms with Crippen LogP contribution in [0.25, 0.3) is 0 Å². The lowest BCUT2D eigenvalue weighted by Gasteiger charge is -2.17. The van der Waals surface area contributed by atoms with Gasteiger partial charge in [-0.05, 0) is 20.3 Å². The van der Waals surface area contributed by atoms with Gasteiger partial charge in [-0.15, -0.1) is 0 Å². The minimum Gasteiger partial charge on any atom is -0.461 e. The number of ether oxygens (including phenoxy) is 1. The van der Waals surface area contributed by atoms with Crippen LogP contribution < -0.4 is 0 Å². The second-order valence-corrected chi connectivity index (χ2v) is 6.35. The molecule has 0 spiro atoms. The molecule has 25 heavy (non-hydrogen) atoms. The van der Waals surface area contributed by atoms with Gasteiger partial charge < -0.3 is 4.74 Å². The maximum absolute atomic E-state index is 12.5. The Kier molecular flexibility index (Phi) is 7.39. The Bertz CT molecular complexity index is 636. The van der Waals surface area contributed by atoms with Crippen LogP contribution in [-0.2, 0) is 9.53 Å². The summed E-state index contributed by atoms with van der Waals surface area (Å²) in [5, 5.41) is 0. The number of esters is 1. The second kappa shape index (κ2) is 9.77. The molecule has 2 aromatic rings. The fourth-order valence-electron chi connectivity index (χ4n) is 2.61. The highest BCUT2D eigenvalue weighted by Crippen LogP contribution is 2.16. The molecule has 0 aliphatic carbocycles. The standard InChI is InChI=1S/C22H27NO2/c1-4-5-16-20(22(24)25-17(2)3)23-21(18-12-8-6-9-13-18)19-14-10-7-11-15-19/h6-15,17,20H,4-5,16H2,1-3H3/t20-/m0/s1. The average Bonchev–Trinajstić information content (AvgIpc) is 2.62. The van der Waals surface area contributed by atoms with Gasteiger partial charge in [0, 0.05) is 11.1 Å². The van der Waals surface area contributed by atoms with E-state index in [0.717, 1.165) is 29.7 Å². The van der Waals surface area contributed by atoms with Crippen molar-refractivity contribution in [2.75, 3.05) is 0 Å². The first-order chi connectivity index (χ1) is 12.1. The summed E-state index contributed by atoms with van der Waals surface area (Å²) >= 11 is 0. The van der Waals surface area contributed by atoms with E-state index in [1.54, 1.807) is 0 Å². The predicted molar refractivity (Wildman–Crippen MR) is 103 cm³/mol. The number of nitrogens with zero attached hydrogens (tertiary/aromatic N) is 1. The van der Waals surface area contributed by atoms with Crippen molar-refractivity contribution in [1.82, 2.24) is 0 Å². The molecule has 0 aromatic heterocycles. The molecule has 0 fully saturated rings. The van der Waals surface area contributed by atoms with Gasteiger partial charge >= 0.3 is 5.97 Å². The van der Waals surface area contributed by atoms with Crippen LogP contribution in [0.2, 0.25) is 0 Å². The number of carbonyl (C=O) groups is 1. The molecule has 132 valence electrons. The topological polar surface area (TPSA) is 38.7 Å². The molecule has 0 saturated carbocycles. The maximum atomic E-state index is 12.5. The Hall–Kier alpha value is -2.42. The van der Waals surface area contributed by atoms with Crippen LogP contribution in [0, 0.1) is 0 Å². The third-order valence-electron chi connectivity index (χ3n) is 3.83. The van der Waals surface area contributed by atoms with Gasteiger partial charge in [0.1, 0.15) is 6.04 Å². The normalized spacial score (nSPS) is 11.8. The molecule has 0 unspecified atom stereocenters. The van der Waals surface area contributed by atoms with Crippen LogP contribution in [0.3, 0.4) is 0 Å². The zero-order valence-corrected chi connectivity index (χ0v) is 15.3. The van der Waals surface area contributed by atoms with Crippen molar-refractivity contribution in [2.24, 2.45) is 4.99 Å². The maximum Gasteiger partial charge on any atom is 0.331 e. The van der Waals surface area contributed by atoms with Crippen molar-refractivity contribution in [3.8, 4) is 0 Å². The van der Waals surface area contributed by atoms with Crippen molar-refractivity contribution in [1.29, 1.82) is 0 Å². The van der Waals surface area contributed by atoms with Crippen LogP contribution >= 0.6 is 0 Å². The van der Waals surface area contributed by atoms with E-state index in [1.807, 2.05) is 74.5 Å². The van der Waals surface area contributed by atoms with Crippen molar-refractivity contribution in [3.63, 3.8) is 0 Å². The van der Waals surface area contributed by atoms with Gasteiger partial charge in [0.05, 0.1) is 11.8 Å². The fraction of sp³-hybridized carbons (Fsp3) is 0.364. The molecule has 2 rings (SSSR count). The molecule has 0 amide bonds. The van der Waals surface area contributed by atoms with Gasteiger partial charge in [0.25, 0.3) is 0 Å². The third-order valence-corrected chi connectivity index (χ3v) is 3.83. The van der Waals surface area contributed by atoms with E-state index < -0.39 is 6.04 Å². The summed E-state index contributed by atoms with van der Waals surface area (Å²) in [6.07, 6.45) is 2.53. The quantitative estimate of drug-likeness (QED) is 0.500. The van der Waals surface area contributed by atoms with Crippen molar-refractivity contribution < 1.29 is 9.53 Å². The Morgan fingerprint density at radius 1 is 0.960 bits per heavy atom. The first-order valence-electron chi connectivity index (χ1n) is 9.01. The lowest BCUT2D eigenvalue weighted by atomic mass is 10.0. The molecule has 3 heteroatoms. The molecule has 0 bridgehead atoms. The number of benzene rings is 2. The van der Waals surface area contributed by atoms with E-state index in [2.05, 4.69) is 6.92 Å². The fourth-order valence-corrected chi connectivity index (χ4v) is 2.61. The molecule has 0 radical (unpaired) electrons. The Balaban J connectivity index is 2.42. The number of aliphatic imine (C=N–C) groups is 1. The van der Waals surface area contributed by atoms with E-state index in [0.29, 0.717) is 6.42 Å². The third kappa shape index (κ3) is 5.86. The van der Waals surface area contributed by atoms with Gasteiger partial charge in [-0.3, -0.25) is 4.99 Å². The average molecular weight is 337 g/mol. The summed E-state index contributed by atoms with van der Waals surface area (Å²) in [5.41, 5.74) is 2.85. The van der Waals surface area contributed by atoms with Crippen LogP contribution in [-0.4, -0.2) is 23.8 Å².